The Morgan fingerprint density at radius 1 is 1.03 bits per heavy atom. The lowest BCUT2D eigenvalue weighted by Crippen LogP contribution is -2.58. The van der Waals surface area contributed by atoms with E-state index in [2.05, 4.69) is 22.8 Å². The van der Waals surface area contributed by atoms with Crippen LogP contribution in [0.15, 0.2) is 48.5 Å². The predicted molar refractivity (Wildman–Crippen MR) is 136 cm³/mol. The summed E-state index contributed by atoms with van der Waals surface area (Å²) in [5.74, 6) is -0.0178. The summed E-state index contributed by atoms with van der Waals surface area (Å²) in [6, 6.07) is 14.7. The molecule has 0 spiro atoms. The molecule has 0 aromatic heterocycles. The minimum absolute atomic E-state index is 0.0178. The maximum Gasteiger partial charge on any atom is 0.322 e. The standard InChI is InChI=1S/C27H32ClN3O5/c28-19-5-7-20(8-6-19)30-27(34)31-14-22(32)15-35-16-25-24(31)10-9-23(36-25)13-26(33)29-21-11-17-3-1-2-4-18(17)12-21/h1-8,21-25,32H,9-16H2,(H,29,33)(H,30,34)/t22-,23+,24-,25+/m1/s1. The van der Waals surface area contributed by atoms with Crippen LogP contribution in [0.5, 0.6) is 0 Å². The lowest BCUT2D eigenvalue weighted by atomic mass is 9.95. The zero-order chi connectivity index (χ0) is 25.1. The Hall–Kier alpha value is -2.65. The van der Waals surface area contributed by atoms with Crippen LogP contribution in [-0.4, -0.2) is 72.1 Å². The van der Waals surface area contributed by atoms with Crippen molar-refractivity contribution in [3.8, 4) is 0 Å². The topological polar surface area (TPSA) is 100 Å². The third-order valence-electron chi connectivity index (χ3n) is 7.17. The zero-order valence-corrected chi connectivity index (χ0v) is 20.8. The van der Waals surface area contributed by atoms with E-state index in [1.165, 1.54) is 11.1 Å². The molecule has 8 nitrogen and oxygen atoms in total. The average molecular weight is 514 g/mol. The molecule has 2 heterocycles. The fourth-order valence-electron chi connectivity index (χ4n) is 5.46. The van der Waals surface area contributed by atoms with E-state index in [0.717, 1.165) is 12.8 Å². The van der Waals surface area contributed by atoms with Gasteiger partial charge >= 0.3 is 6.03 Å². The van der Waals surface area contributed by atoms with Gasteiger partial charge in [0.2, 0.25) is 5.91 Å². The first-order valence-electron chi connectivity index (χ1n) is 12.5. The van der Waals surface area contributed by atoms with Crippen LogP contribution in [0.2, 0.25) is 5.02 Å². The molecule has 0 unspecified atom stereocenters. The fourth-order valence-corrected chi connectivity index (χ4v) is 5.58. The van der Waals surface area contributed by atoms with Crippen molar-refractivity contribution in [2.45, 2.75) is 62.5 Å². The van der Waals surface area contributed by atoms with Gasteiger partial charge in [-0.1, -0.05) is 35.9 Å². The molecule has 2 aromatic carbocycles. The maximum atomic E-state index is 13.2. The van der Waals surface area contributed by atoms with E-state index in [0.29, 0.717) is 23.6 Å². The number of anilines is 1. The van der Waals surface area contributed by atoms with E-state index in [1.54, 1.807) is 29.2 Å². The molecule has 3 N–H and O–H groups in total. The van der Waals surface area contributed by atoms with Crippen molar-refractivity contribution in [1.82, 2.24) is 10.2 Å². The number of nitrogens with one attached hydrogen (secondary N) is 2. The second-order valence-electron chi connectivity index (χ2n) is 9.87. The highest BCUT2D eigenvalue weighted by Crippen LogP contribution is 2.29. The number of β-amino-alcohol motifs (C(OH)–C–C–N with tert-alkyl or cyclic N) is 1. The van der Waals surface area contributed by atoms with Crippen LogP contribution in [0.4, 0.5) is 10.5 Å². The van der Waals surface area contributed by atoms with Gasteiger partial charge in [0.1, 0.15) is 6.10 Å². The van der Waals surface area contributed by atoms with Crippen LogP contribution in [0.3, 0.4) is 0 Å². The Morgan fingerprint density at radius 3 is 2.47 bits per heavy atom. The van der Waals surface area contributed by atoms with Gasteiger partial charge in [-0.3, -0.25) is 4.79 Å². The summed E-state index contributed by atoms with van der Waals surface area (Å²) in [5, 5.41) is 17.0. The molecule has 5 rings (SSSR count). The number of urea groups is 1. The number of nitrogens with zero attached hydrogens (tertiary/aromatic N) is 1. The average Bonchev–Trinajstić information content (AvgIpc) is 3.25. The number of hydrogen-bond donors (Lipinski definition) is 3. The van der Waals surface area contributed by atoms with E-state index < -0.39 is 6.10 Å². The number of ether oxygens (including phenoxy) is 2. The third-order valence-corrected chi connectivity index (χ3v) is 7.42. The second kappa shape index (κ2) is 11.2. The van der Waals surface area contributed by atoms with Gasteiger partial charge in [-0.05, 0) is 61.1 Å². The van der Waals surface area contributed by atoms with E-state index in [9.17, 15) is 14.7 Å². The lowest BCUT2D eigenvalue weighted by Gasteiger charge is -2.44. The largest absolute Gasteiger partial charge is 0.389 e. The number of carbonyl (C=O) groups excluding carboxylic acids is 2. The van der Waals surface area contributed by atoms with Gasteiger partial charge in [-0.2, -0.15) is 0 Å². The van der Waals surface area contributed by atoms with Crippen molar-refractivity contribution in [2.24, 2.45) is 0 Å². The molecule has 4 atom stereocenters. The van der Waals surface area contributed by atoms with Crippen molar-refractivity contribution in [3.63, 3.8) is 0 Å². The number of rotatable bonds is 4. The molecule has 3 amide bonds. The van der Waals surface area contributed by atoms with Crippen LogP contribution in [0.25, 0.3) is 0 Å². The summed E-state index contributed by atoms with van der Waals surface area (Å²) >= 11 is 5.95. The van der Waals surface area contributed by atoms with Crippen molar-refractivity contribution in [3.05, 3.63) is 64.7 Å². The molecule has 2 saturated heterocycles. The molecule has 1 aliphatic carbocycles. The van der Waals surface area contributed by atoms with Gasteiger partial charge in [0.05, 0.1) is 44.4 Å². The van der Waals surface area contributed by atoms with Crippen molar-refractivity contribution in [2.75, 3.05) is 25.1 Å². The molecule has 0 radical (unpaired) electrons. The van der Waals surface area contributed by atoms with Crippen LogP contribution in [0, 0.1) is 0 Å². The van der Waals surface area contributed by atoms with E-state index >= 15 is 0 Å². The number of fused-ring (bicyclic) bond motifs is 2. The Balaban J connectivity index is 1.18. The second-order valence-corrected chi connectivity index (χ2v) is 10.3. The number of halogens is 1. The predicted octanol–water partition coefficient (Wildman–Crippen LogP) is 3.15. The van der Waals surface area contributed by atoms with Crippen molar-refractivity contribution >= 4 is 29.2 Å². The number of aliphatic hydroxyl groups excluding tert-OH is 1. The van der Waals surface area contributed by atoms with Gasteiger partial charge in [0, 0.05) is 16.8 Å². The number of benzene rings is 2. The summed E-state index contributed by atoms with van der Waals surface area (Å²) in [4.78, 5) is 27.6. The maximum absolute atomic E-state index is 13.2. The SMILES string of the molecule is O=C(C[C@@H]1CC[C@@H]2[C@H](COC[C@H](O)CN2C(=O)Nc2ccc(Cl)cc2)O1)NC1Cc2ccccc2C1. The highest BCUT2D eigenvalue weighted by molar-refractivity contribution is 6.30. The highest BCUT2D eigenvalue weighted by atomic mass is 35.5. The molecule has 192 valence electrons. The number of carbonyl (C=O) groups is 2. The lowest BCUT2D eigenvalue weighted by molar-refractivity contribution is -0.150. The first kappa shape index (κ1) is 25.0. The van der Waals surface area contributed by atoms with Gasteiger partial charge in [-0.15, -0.1) is 0 Å². The van der Waals surface area contributed by atoms with Gasteiger partial charge < -0.3 is 30.1 Å². The van der Waals surface area contributed by atoms with Gasteiger partial charge in [0.25, 0.3) is 0 Å². The summed E-state index contributed by atoms with van der Waals surface area (Å²) < 4.78 is 12.0. The monoisotopic (exact) mass is 513 g/mol. The highest BCUT2D eigenvalue weighted by Gasteiger charge is 2.40. The van der Waals surface area contributed by atoms with Gasteiger partial charge in [-0.25, -0.2) is 4.79 Å². The zero-order valence-electron chi connectivity index (χ0n) is 20.1. The third kappa shape index (κ3) is 6.00. The van der Waals surface area contributed by atoms with Crippen LogP contribution >= 0.6 is 11.6 Å². The molecule has 2 aromatic rings. The smallest absolute Gasteiger partial charge is 0.322 e. The van der Waals surface area contributed by atoms with Crippen LogP contribution in [0.1, 0.15) is 30.4 Å². The number of hydrogen-bond acceptors (Lipinski definition) is 5. The summed E-state index contributed by atoms with van der Waals surface area (Å²) in [6.45, 7) is 0.505. The Kier molecular flexibility index (Phi) is 7.76. The van der Waals surface area contributed by atoms with E-state index in [1.807, 2.05) is 12.1 Å². The minimum atomic E-state index is -0.791. The summed E-state index contributed by atoms with van der Waals surface area (Å²) in [7, 11) is 0. The summed E-state index contributed by atoms with van der Waals surface area (Å²) in [5.41, 5.74) is 3.21. The number of amides is 3. The molecular weight excluding hydrogens is 482 g/mol. The van der Waals surface area contributed by atoms with Crippen molar-refractivity contribution in [1.29, 1.82) is 0 Å². The Morgan fingerprint density at radius 2 is 1.75 bits per heavy atom. The molecule has 0 bridgehead atoms. The Labute approximate surface area is 215 Å². The van der Waals surface area contributed by atoms with Crippen LogP contribution < -0.4 is 10.6 Å². The molecule has 2 aliphatic heterocycles. The molecule has 2 fully saturated rings. The molecule has 9 heteroatoms. The van der Waals surface area contributed by atoms with Crippen molar-refractivity contribution < 1.29 is 24.2 Å². The molecule has 3 aliphatic rings. The fraction of sp³-hybridized carbons (Fsp3) is 0.481. The summed E-state index contributed by atoms with van der Waals surface area (Å²) in [6.07, 6.45) is 1.86. The Bertz CT molecular complexity index is 1060. The normalized spacial score (nSPS) is 26.3. The quantitative estimate of drug-likeness (QED) is 0.583. The number of aliphatic hydroxyl groups is 1. The van der Waals surface area contributed by atoms with Crippen LogP contribution in [-0.2, 0) is 27.1 Å². The van der Waals surface area contributed by atoms with Gasteiger partial charge in [0.15, 0.2) is 0 Å². The van der Waals surface area contributed by atoms with E-state index in [4.69, 9.17) is 21.1 Å². The first-order chi connectivity index (χ1) is 17.4. The molecule has 36 heavy (non-hydrogen) atoms. The molecule has 0 saturated carbocycles. The van der Waals surface area contributed by atoms with E-state index in [-0.39, 0.29) is 62.4 Å². The molecular formula is C27H32ClN3O5. The first-order valence-corrected chi connectivity index (χ1v) is 12.9. The minimum Gasteiger partial charge on any atom is -0.389 e.